The van der Waals surface area contributed by atoms with Gasteiger partial charge in [-0.1, -0.05) is 0 Å². The van der Waals surface area contributed by atoms with Gasteiger partial charge in [0.25, 0.3) is 0 Å². The van der Waals surface area contributed by atoms with Crippen molar-refractivity contribution in [3.05, 3.63) is 18.2 Å². The highest BCUT2D eigenvalue weighted by molar-refractivity contribution is 5.55. The molecule has 1 N–H and O–H groups in total. The molecule has 0 spiro atoms. The van der Waals surface area contributed by atoms with Crippen LogP contribution in [0.2, 0.25) is 0 Å². The summed E-state index contributed by atoms with van der Waals surface area (Å²) in [5.74, 6) is 1.69. The van der Waals surface area contributed by atoms with E-state index >= 15 is 0 Å². The van der Waals surface area contributed by atoms with E-state index in [1.54, 1.807) is 0 Å². The van der Waals surface area contributed by atoms with Crippen molar-refractivity contribution in [1.29, 1.82) is 0 Å². The molecule has 3 rings (SSSR count). The fourth-order valence-corrected chi connectivity index (χ4v) is 2.84. The number of benzene rings is 1. The molecule has 2 aliphatic heterocycles. The molecule has 0 aromatic heterocycles. The van der Waals surface area contributed by atoms with Crippen LogP contribution in [-0.4, -0.2) is 31.5 Å². The Hall–Kier alpha value is -1.42. The van der Waals surface area contributed by atoms with Gasteiger partial charge in [0.1, 0.15) is 0 Å². The van der Waals surface area contributed by atoms with Crippen molar-refractivity contribution >= 4 is 5.69 Å². The van der Waals surface area contributed by atoms with Crippen molar-refractivity contribution in [2.45, 2.75) is 44.8 Å². The molecule has 2 heterocycles. The third kappa shape index (κ3) is 3.18. The van der Waals surface area contributed by atoms with E-state index in [0.29, 0.717) is 6.04 Å². The van der Waals surface area contributed by atoms with E-state index in [2.05, 4.69) is 25.2 Å². The Morgan fingerprint density at radius 2 is 1.90 bits per heavy atom. The van der Waals surface area contributed by atoms with Crippen LogP contribution in [0.15, 0.2) is 18.2 Å². The average molecular weight is 277 g/mol. The van der Waals surface area contributed by atoms with Gasteiger partial charge in [-0.2, -0.15) is 0 Å². The molecule has 1 saturated heterocycles. The number of ether oxygens (including phenoxy) is 3. The highest BCUT2D eigenvalue weighted by Crippen LogP contribution is 2.33. The molecule has 1 unspecified atom stereocenters. The Kier molecular flexibility index (Phi) is 3.74. The minimum absolute atomic E-state index is 0.0405. The molecule has 4 nitrogen and oxygen atoms in total. The minimum Gasteiger partial charge on any atom is -0.490 e. The molecular weight excluding hydrogens is 254 g/mol. The summed E-state index contributed by atoms with van der Waals surface area (Å²) in [5.41, 5.74) is 1.05. The lowest BCUT2D eigenvalue weighted by Gasteiger charge is -2.36. The van der Waals surface area contributed by atoms with Gasteiger partial charge in [0.2, 0.25) is 0 Å². The van der Waals surface area contributed by atoms with Crippen molar-refractivity contribution in [2.75, 3.05) is 25.1 Å². The van der Waals surface area contributed by atoms with Gasteiger partial charge < -0.3 is 19.5 Å². The Labute approximate surface area is 120 Å². The van der Waals surface area contributed by atoms with Crippen LogP contribution in [0.1, 0.15) is 33.1 Å². The molecule has 1 aromatic rings. The molecule has 110 valence electrons. The molecule has 2 aliphatic rings. The molecule has 1 atom stereocenters. The zero-order valence-corrected chi connectivity index (χ0v) is 12.3. The molecular formula is C16H23NO3. The Balaban J connectivity index is 1.70. The summed E-state index contributed by atoms with van der Waals surface area (Å²) in [5, 5.41) is 3.59. The fraction of sp³-hybridized carbons (Fsp3) is 0.625. The summed E-state index contributed by atoms with van der Waals surface area (Å²) in [6.45, 7) is 6.56. The summed E-state index contributed by atoms with van der Waals surface area (Å²) in [6.07, 6.45) is 2.99. The van der Waals surface area contributed by atoms with Gasteiger partial charge in [-0.25, -0.2) is 0 Å². The normalized spacial score (nSPS) is 24.8. The SMILES string of the molecule is CC1(C)CC(Nc2ccc3c(c2)OCCCO3)CCO1. The Morgan fingerprint density at radius 3 is 2.70 bits per heavy atom. The maximum Gasteiger partial charge on any atom is 0.163 e. The summed E-state index contributed by atoms with van der Waals surface area (Å²) < 4.78 is 17.1. The second-order valence-electron chi connectivity index (χ2n) is 6.15. The van der Waals surface area contributed by atoms with E-state index < -0.39 is 0 Å². The van der Waals surface area contributed by atoms with Gasteiger partial charge in [0, 0.05) is 30.8 Å². The third-order valence-corrected chi connectivity index (χ3v) is 3.82. The van der Waals surface area contributed by atoms with E-state index in [1.807, 2.05) is 12.1 Å². The van der Waals surface area contributed by atoms with Crippen LogP contribution in [-0.2, 0) is 4.74 Å². The molecule has 1 fully saturated rings. The standard InChI is InChI=1S/C16H23NO3/c1-16(2)11-13(6-9-20-16)17-12-4-5-14-15(10-12)19-8-3-7-18-14/h4-5,10,13,17H,3,6-9,11H2,1-2H3. The summed E-state index contributed by atoms with van der Waals surface area (Å²) in [4.78, 5) is 0. The number of hydrogen-bond donors (Lipinski definition) is 1. The average Bonchev–Trinajstić information content (AvgIpc) is 2.62. The second kappa shape index (κ2) is 5.52. The van der Waals surface area contributed by atoms with Crippen molar-refractivity contribution in [3.8, 4) is 11.5 Å². The largest absolute Gasteiger partial charge is 0.490 e. The zero-order valence-electron chi connectivity index (χ0n) is 12.3. The van der Waals surface area contributed by atoms with Crippen LogP contribution in [0.4, 0.5) is 5.69 Å². The number of anilines is 1. The van der Waals surface area contributed by atoms with Crippen LogP contribution in [0.25, 0.3) is 0 Å². The van der Waals surface area contributed by atoms with E-state index in [-0.39, 0.29) is 5.60 Å². The first-order valence-electron chi connectivity index (χ1n) is 7.43. The number of nitrogens with one attached hydrogen (secondary N) is 1. The lowest BCUT2D eigenvalue weighted by molar-refractivity contribution is -0.0553. The van der Waals surface area contributed by atoms with Crippen LogP contribution in [0.5, 0.6) is 11.5 Å². The topological polar surface area (TPSA) is 39.7 Å². The van der Waals surface area contributed by atoms with Gasteiger partial charge in [-0.3, -0.25) is 0 Å². The van der Waals surface area contributed by atoms with Crippen molar-refractivity contribution in [1.82, 2.24) is 0 Å². The van der Waals surface area contributed by atoms with E-state index in [9.17, 15) is 0 Å². The first kappa shape index (κ1) is 13.6. The first-order chi connectivity index (χ1) is 9.62. The van der Waals surface area contributed by atoms with E-state index in [1.165, 1.54) is 0 Å². The highest BCUT2D eigenvalue weighted by atomic mass is 16.5. The fourth-order valence-electron chi connectivity index (χ4n) is 2.84. The predicted octanol–water partition coefficient (Wildman–Crippen LogP) is 3.22. The molecule has 0 aliphatic carbocycles. The minimum atomic E-state index is -0.0405. The Morgan fingerprint density at radius 1 is 1.10 bits per heavy atom. The quantitative estimate of drug-likeness (QED) is 0.901. The third-order valence-electron chi connectivity index (χ3n) is 3.82. The number of fused-ring (bicyclic) bond motifs is 1. The van der Waals surface area contributed by atoms with Gasteiger partial charge in [0.05, 0.1) is 18.8 Å². The maximum atomic E-state index is 5.76. The van der Waals surface area contributed by atoms with Gasteiger partial charge in [0.15, 0.2) is 11.5 Å². The van der Waals surface area contributed by atoms with E-state index in [0.717, 1.165) is 56.3 Å². The lowest BCUT2D eigenvalue weighted by atomic mass is 9.94. The number of hydrogen-bond acceptors (Lipinski definition) is 4. The van der Waals surface area contributed by atoms with Crippen LogP contribution >= 0.6 is 0 Å². The van der Waals surface area contributed by atoms with Crippen molar-refractivity contribution in [2.24, 2.45) is 0 Å². The smallest absolute Gasteiger partial charge is 0.163 e. The molecule has 0 amide bonds. The molecule has 0 radical (unpaired) electrons. The molecule has 0 saturated carbocycles. The Bertz CT molecular complexity index is 473. The lowest BCUT2D eigenvalue weighted by Crippen LogP contribution is -2.40. The van der Waals surface area contributed by atoms with Gasteiger partial charge in [-0.05, 0) is 38.8 Å². The van der Waals surface area contributed by atoms with Gasteiger partial charge >= 0.3 is 0 Å². The predicted molar refractivity (Wildman–Crippen MR) is 78.7 cm³/mol. The molecule has 0 bridgehead atoms. The highest BCUT2D eigenvalue weighted by Gasteiger charge is 2.28. The summed E-state index contributed by atoms with van der Waals surface area (Å²) >= 11 is 0. The second-order valence-corrected chi connectivity index (χ2v) is 6.15. The molecule has 20 heavy (non-hydrogen) atoms. The van der Waals surface area contributed by atoms with Crippen LogP contribution in [0.3, 0.4) is 0 Å². The number of rotatable bonds is 2. The maximum absolute atomic E-state index is 5.76. The van der Waals surface area contributed by atoms with Crippen molar-refractivity contribution < 1.29 is 14.2 Å². The zero-order chi connectivity index (χ0) is 14.0. The van der Waals surface area contributed by atoms with Crippen LogP contribution < -0.4 is 14.8 Å². The van der Waals surface area contributed by atoms with E-state index in [4.69, 9.17) is 14.2 Å². The first-order valence-corrected chi connectivity index (χ1v) is 7.43. The summed E-state index contributed by atoms with van der Waals surface area (Å²) in [6, 6.07) is 6.55. The van der Waals surface area contributed by atoms with Crippen LogP contribution in [0, 0.1) is 0 Å². The van der Waals surface area contributed by atoms with Crippen molar-refractivity contribution in [3.63, 3.8) is 0 Å². The monoisotopic (exact) mass is 277 g/mol. The van der Waals surface area contributed by atoms with Gasteiger partial charge in [-0.15, -0.1) is 0 Å². The molecule has 1 aromatic carbocycles. The molecule has 4 heteroatoms. The summed E-state index contributed by atoms with van der Waals surface area (Å²) in [7, 11) is 0.